The maximum absolute atomic E-state index is 12.7. The van der Waals surface area contributed by atoms with Crippen molar-refractivity contribution in [1.82, 2.24) is 0 Å². The van der Waals surface area contributed by atoms with Gasteiger partial charge >= 0.3 is 0 Å². The van der Waals surface area contributed by atoms with Gasteiger partial charge in [0.15, 0.2) is 17.3 Å². The van der Waals surface area contributed by atoms with Gasteiger partial charge in [0.2, 0.25) is 6.79 Å². The van der Waals surface area contributed by atoms with Crippen LogP contribution in [0.4, 0.5) is 5.69 Å². The number of nitrogens with zero attached hydrogens (tertiary/aromatic N) is 1. The number of hydrogen-bond donors (Lipinski definition) is 0. The lowest BCUT2D eigenvalue weighted by Gasteiger charge is -2.20. The average molecular weight is 335 g/mol. The van der Waals surface area contributed by atoms with Crippen LogP contribution in [0.1, 0.15) is 35.3 Å². The molecule has 128 valence electrons. The number of allylic oxidation sites excluding steroid dienone is 1. The Labute approximate surface area is 147 Å². The van der Waals surface area contributed by atoms with Gasteiger partial charge in [0.25, 0.3) is 0 Å². The Kier molecular flexibility index (Phi) is 3.96. The standard InChI is InChI=1S/C21H21NO3/c1-3-22(4-2)17-7-5-14(6-8-17)9-16-10-15-11-19-20(25-13-24-19)12-18(15)21(16)23/h5-9,11-12H,3-4,10,13H2,1-2H3/b16-9+. The Morgan fingerprint density at radius 2 is 1.72 bits per heavy atom. The SMILES string of the molecule is CCN(CC)c1ccc(/C=C2\Cc3cc4c(cc3C2=O)OCO4)cc1. The quantitative estimate of drug-likeness (QED) is 0.789. The second-order valence-electron chi connectivity index (χ2n) is 6.30. The molecule has 1 aliphatic heterocycles. The summed E-state index contributed by atoms with van der Waals surface area (Å²) in [6.07, 6.45) is 2.63. The minimum absolute atomic E-state index is 0.0844. The van der Waals surface area contributed by atoms with Crippen LogP contribution in [0.2, 0.25) is 0 Å². The fraction of sp³-hybridized carbons (Fsp3) is 0.286. The lowest BCUT2D eigenvalue weighted by Crippen LogP contribution is -2.21. The maximum Gasteiger partial charge on any atom is 0.231 e. The highest BCUT2D eigenvalue weighted by atomic mass is 16.7. The molecule has 0 fully saturated rings. The van der Waals surface area contributed by atoms with E-state index in [1.54, 1.807) is 0 Å². The van der Waals surface area contributed by atoms with Crippen molar-refractivity contribution in [3.63, 3.8) is 0 Å². The van der Waals surface area contributed by atoms with Gasteiger partial charge in [0, 0.05) is 36.3 Å². The summed E-state index contributed by atoms with van der Waals surface area (Å²) in [4.78, 5) is 15.0. The largest absolute Gasteiger partial charge is 0.454 e. The number of hydrogen-bond acceptors (Lipinski definition) is 4. The van der Waals surface area contributed by atoms with Crippen LogP contribution in [-0.2, 0) is 6.42 Å². The molecule has 4 nitrogen and oxygen atoms in total. The molecule has 0 N–H and O–H groups in total. The highest BCUT2D eigenvalue weighted by Crippen LogP contribution is 2.39. The predicted octanol–water partition coefficient (Wildman–Crippen LogP) is 4.08. The van der Waals surface area contributed by atoms with Gasteiger partial charge in [-0.3, -0.25) is 4.79 Å². The first kappa shape index (κ1) is 15.8. The first-order chi connectivity index (χ1) is 12.2. The summed E-state index contributed by atoms with van der Waals surface area (Å²) in [5, 5.41) is 0. The van der Waals surface area contributed by atoms with E-state index in [1.807, 2.05) is 18.2 Å². The van der Waals surface area contributed by atoms with Gasteiger partial charge in [-0.2, -0.15) is 0 Å². The second kappa shape index (κ2) is 6.28. The minimum Gasteiger partial charge on any atom is -0.454 e. The molecule has 0 atom stereocenters. The van der Waals surface area contributed by atoms with Crippen LogP contribution < -0.4 is 14.4 Å². The monoisotopic (exact) mass is 335 g/mol. The van der Waals surface area contributed by atoms with Crippen molar-refractivity contribution in [3.8, 4) is 11.5 Å². The number of benzene rings is 2. The van der Waals surface area contributed by atoms with Crippen LogP contribution in [0.3, 0.4) is 0 Å². The van der Waals surface area contributed by atoms with E-state index in [4.69, 9.17) is 9.47 Å². The third kappa shape index (κ3) is 2.78. The summed E-state index contributed by atoms with van der Waals surface area (Å²) in [6, 6.07) is 12.1. The number of ketones is 1. The van der Waals surface area contributed by atoms with Crippen molar-refractivity contribution in [2.45, 2.75) is 20.3 Å². The van der Waals surface area contributed by atoms with E-state index in [-0.39, 0.29) is 12.6 Å². The summed E-state index contributed by atoms with van der Waals surface area (Å²) in [5.41, 5.74) is 4.82. The normalized spacial score (nSPS) is 16.4. The average Bonchev–Trinajstić information content (AvgIpc) is 3.20. The Bertz CT molecular complexity index is 848. The molecule has 1 heterocycles. The number of carbonyl (C=O) groups is 1. The molecule has 0 aromatic heterocycles. The van der Waals surface area contributed by atoms with Crippen LogP contribution in [0.15, 0.2) is 42.0 Å². The van der Waals surface area contributed by atoms with E-state index in [9.17, 15) is 4.79 Å². The van der Waals surface area contributed by atoms with E-state index in [0.717, 1.165) is 41.1 Å². The zero-order chi connectivity index (χ0) is 17.4. The van der Waals surface area contributed by atoms with Crippen LogP contribution in [-0.4, -0.2) is 25.7 Å². The van der Waals surface area contributed by atoms with Crippen molar-refractivity contribution < 1.29 is 14.3 Å². The molecule has 25 heavy (non-hydrogen) atoms. The molecule has 1 aliphatic carbocycles. The van der Waals surface area contributed by atoms with Gasteiger partial charge in [-0.15, -0.1) is 0 Å². The Balaban J connectivity index is 1.59. The van der Waals surface area contributed by atoms with E-state index in [0.29, 0.717) is 12.2 Å². The number of fused-ring (bicyclic) bond motifs is 2. The lowest BCUT2D eigenvalue weighted by atomic mass is 10.1. The van der Waals surface area contributed by atoms with Crippen molar-refractivity contribution >= 4 is 17.5 Å². The molecule has 0 unspecified atom stereocenters. The van der Waals surface area contributed by atoms with E-state index in [1.165, 1.54) is 5.69 Å². The number of Topliss-reactive ketones (excluding diaryl/α,β-unsaturated/α-hetero) is 1. The highest BCUT2D eigenvalue weighted by Gasteiger charge is 2.28. The van der Waals surface area contributed by atoms with Gasteiger partial charge in [-0.05, 0) is 55.3 Å². The van der Waals surface area contributed by atoms with Crippen LogP contribution >= 0.6 is 0 Å². The number of carbonyl (C=O) groups excluding carboxylic acids is 1. The molecule has 0 radical (unpaired) electrons. The molecule has 4 rings (SSSR count). The van der Waals surface area contributed by atoms with E-state index < -0.39 is 0 Å². The number of anilines is 1. The third-order valence-electron chi connectivity index (χ3n) is 4.88. The summed E-state index contributed by atoms with van der Waals surface area (Å²) in [5.74, 6) is 1.48. The van der Waals surface area contributed by atoms with Crippen molar-refractivity contribution in [2.75, 3.05) is 24.8 Å². The second-order valence-corrected chi connectivity index (χ2v) is 6.30. The zero-order valence-electron chi connectivity index (χ0n) is 14.5. The summed E-state index contributed by atoms with van der Waals surface area (Å²) >= 11 is 0. The first-order valence-electron chi connectivity index (χ1n) is 8.72. The topological polar surface area (TPSA) is 38.8 Å². The van der Waals surface area contributed by atoms with Gasteiger partial charge in [0.05, 0.1) is 0 Å². The van der Waals surface area contributed by atoms with Gasteiger partial charge in [-0.1, -0.05) is 12.1 Å². The molecule has 2 aromatic carbocycles. The first-order valence-corrected chi connectivity index (χ1v) is 8.72. The van der Waals surface area contributed by atoms with Gasteiger partial charge < -0.3 is 14.4 Å². The van der Waals surface area contributed by atoms with Gasteiger partial charge in [0.1, 0.15) is 0 Å². The molecular weight excluding hydrogens is 314 g/mol. The molecule has 0 spiro atoms. The Morgan fingerprint density at radius 3 is 2.40 bits per heavy atom. The number of ether oxygens (including phenoxy) is 2. The lowest BCUT2D eigenvalue weighted by molar-refractivity contribution is 0.104. The molecule has 0 saturated carbocycles. The molecular formula is C21H21NO3. The van der Waals surface area contributed by atoms with E-state index in [2.05, 4.69) is 43.0 Å². The molecule has 0 amide bonds. The highest BCUT2D eigenvalue weighted by molar-refractivity contribution is 6.16. The van der Waals surface area contributed by atoms with Crippen LogP contribution in [0.5, 0.6) is 11.5 Å². The van der Waals surface area contributed by atoms with Crippen LogP contribution in [0, 0.1) is 0 Å². The Hall–Kier alpha value is -2.75. The molecule has 2 aliphatic rings. The molecule has 0 saturated heterocycles. The van der Waals surface area contributed by atoms with Crippen molar-refractivity contribution in [2.24, 2.45) is 0 Å². The van der Waals surface area contributed by atoms with Crippen LogP contribution in [0.25, 0.3) is 6.08 Å². The number of rotatable bonds is 4. The zero-order valence-corrected chi connectivity index (χ0v) is 14.5. The summed E-state index contributed by atoms with van der Waals surface area (Å²) in [7, 11) is 0. The third-order valence-corrected chi connectivity index (χ3v) is 4.88. The summed E-state index contributed by atoms with van der Waals surface area (Å²) in [6.45, 7) is 6.50. The van der Waals surface area contributed by atoms with Crippen molar-refractivity contribution in [3.05, 3.63) is 58.7 Å². The molecule has 4 heteroatoms. The Morgan fingerprint density at radius 1 is 1.04 bits per heavy atom. The smallest absolute Gasteiger partial charge is 0.231 e. The van der Waals surface area contributed by atoms with Gasteiger partial charge in [-0.25, -0.2) is 0 Å². The fourth-order valence-corrected chi connectivity index (χ4v) is 3.49. The van der Waals surface area contributed by atoms with Crippen molar-refractivity contribution in [1.29, 1.82) is 0 Å². The molecule has 2 aromatic rings. The fourth-order valence-electron chi connectivity index (χ4n) is 3.49. The molecule has 0 bridgehead atoms. The summed E-state index contributed by atoms with van der Waals surface area (Å²) < 4.78 is 10.8. The van der Waals surface area contributed by atoms with E-state index >= 15 is 0 Å². The minimum atomic E-state index is 0.0844. The maximum atomic E-state index is 12.7. The predicted molar refractivity (Wildman–Crippen MR) is 98.6 cm³/mol.